The molecule has 2 unspecified atom stereocenters. The first-order valence-electron chi connectivity index (χ1n) is 8.91. The average Bonchev–Trinajstić information content (AvgIpc) is 2.90. The van der Waals surface area contributed by atoms with Crippen molar-refractivity contribution in [2.24, 2.45) is 0 Å². The van der Waals surface area contributed by atoms with Crippen molar-refractivity contribution < 1.29 is 18.7 Å². The molecule has 1 saturated heterocycles. The number of halogens is 1. The van der Waals surface area contributed by atoms with Crippen molar-refractivity contribution in [3.63, 3.8) is 0 Å². The number of carbonyl (C=O) groups is 2. The van der Waals surface area contributed by atoms with Crippen LogP contribution in [0.4, 0.5) is 4.39 Å². The van der Waals surface area contributed by atoms with Crippen LogP contribution in [0.3, 0.4) is 0 Å². The number of hydrogen-bond acceptors (Lipinski definition) is 3. The summed E-state index contributed by atoms with van der Waals surface area (Å²) in [6, 6.07) is 12.0. The van der Waals surface area contributed by atoms with Crippen LogP contribution in [0.25, 0.3) is 0 Å². The Hall–Kier alpha value is -2.53. The monoisotopic (exact) mass is 353 g/mol. The minimum atomic E-state index is -0.266. The zero-order valence-electron chi connectivity index (χ0n) is 14.6. The van der Waals surface area contributed by atoms with Gasteiger partial charge in [-0.25, -0.2) is 4.39 Å². The van der Waals surface area contributed by atoms with Crippen LogP contribution in [-0.2, 0) is 4.74 Å². The summed E-state index contributed by atoms with van der Waals surface area (Å²) in [5.41, 5.74) is 2.31. The molecule has 0 radical (unpaired) electrons. The highest BCUT2D eigenvalue weighted by atomic mass is 19.1. The van der Waals surface area contributed by atoms with Gasteiger partial charge in [-0.05, 0) is 55.5 Å². The molecule has 0 saturated carbocycles. The van der Waals surface area contributed by atoms with Gasteiger partial charge in [-0.3, -0.25) is 14.5 Å². The summed E-state index contributed by atoms with van der Waals surface area (Å²) in [5.74, 6) is -0.774. The SMILES string of the molecule is Cc1ccc(C2CCCC(CN3C(=O)c4ccccc4C3=O)O2)cc1F. The molecule has 5 heteroatoms. The molecule has 2 aromatic carbocycles. The van der Waals surface area contributed by atoms with E-state index in [2.05, 4.69) is 0 Å². The second kappa shape index (κ2) is 6.65. The van der Waals surface area contributed by atoms with Gasteiger partial charge in [0, 0.05) is 0 Å². The molecule has 1 fully saturated rings. The largest absolute Gasteiger partial charge is 0.368 e. The van der Waals surface area contributed by atoms with E-state index in [0.29, 0.717) is 16.7 Å². The van der Waals surface area contributed by atoms with Crippen LogP contribution in [-0.4, -0.2) is 29.4 Å². The first-order chi connectivity index (χ1) is 12.5. The number of fused-ring (bicyclic) bond motifs is 1. The molecule has 134 valence electrons. The predicted octanol–water partition coefficient (Wildman–Crippen LogP) is 4.04. The molecule has 2 atom stereocenters. The molecule has 2 aromatic rings. The average molecular weight is 353 g/mol. The Morgan fingerprint density at radius 1 is 1.08 bits per heavy atom. The molecule has 0 aromatic heterocycles. The van der Waals surface area contributed by atoms with Crippen molar-refractivity contribution in [1.82, 2.24) is 4.90 Å². The van der Waals surface area contributed by atoms with Crippen molar-refractivity contribution in [2.75, 3.05) is 6.54 Å². The molecule has 2 amide bonds. The van der Waals surface area contributed by atoms with Gasteiger partial charge in [0.05, 0.1) is 29.9 Å². The van der Waals surface area contributed by atoms with E-state index in [1.54, 1.807) is 37.3 Å². The van der Waals surface area contributed by atoms with E-state index in [0.717, 1.165) is 24.8 Å². The summed E-state index contributed by atoms with van der Waals surface area (Å²) in [6.07, 6.45) is 2.05. The lowest BCUT2D eigenvalue weighted by atomic mass is 9.97. The summed E-state index contributed by atoms with van der Waals surface area (Å²) in [4.78, 5) is 26.3. The summed E-state index contributed by atoms with van der Waals surface area (Å²) >= 11 is 0. The van der Waals surface area contributed by atoms with E-state index in [9.17, 15) is 14.0 Å². The van der Waals surface area contributed by atoms with E-state index in [1.165, 1.54) is 11.0 Å². The maximum atomic E-state index is 13.9. The number of aryl methyl sites for hydroxylation is 1. The Bertz CT molecular complexity index is 844. The van der Waals surface area contributed by atoms with Gasteiger partial charge in [0.2, 0.25) is 0 Å². The maximum absolute atomic E-state index is 13.9. The van der Waals surface area contributed by atoms with Gasteiger partial charge in [-0.15, -0.1) is 0 Å². The molecule has 2 heterocycles. The lowest BCUT2D eigenvalue weighted by molar-refractivity contribution is -0.0588. The van der Waals surface area contributed by atoms with E-state index in [1.807, 2.05) is 6.07 Å². The van der Waals surface area contributed by atoms with Gasteiger partial charge in [-0.1, -0.05) is 24.3 Å². The van der Waals surface area contributed by atoms with Crippen LogP contribution in [0.15, 0.2) is 42.5 Å². The number of hydrogen-bond donors (Lipinski definition) is 0. The van der Waals surface area contributed by atoms with Crippen molar-refractivity contribution in [3.05, 3.63) is 70.5 Å². The molecule has 4 rings (SSSR count). The fourth-order valence-corrected chi connectivity index (χ4v) is 3.70. The predicted molar refractivity (Wildman–Crippen MR) is 94.4 cm³/mol. The van der Waals surface area contributed by atoms with Crippen LogP contribution < -0.4 is 0 Å². The molecule has 26 heavy (non-hydrogen) atoms. The quantitative estimate of drug-likeness (QED) is 0.783. The second-order valence-corrected chi connectivity index (χ2v) is 6.95. The van der Waals surface area contributed by atoms with Gasteiger partial charge in [0.1, 0.15) is 5.82 Å². The topological polar surface area (TPSA) is 46.6 Å². The lowest BCUT2D eigenvalue weighted by Gasteiger charge is -2.32. The van der Waals surface area contributed by atoms with Crippen molar-refractivity contribution in [3.8, 4) is 0 Å². The molecular weight excluding hydrogens is 333 g/mol. The summed E-state index contributed by atoms with van der Waals surface area (Å²) in [7, 11) is 0. The molecule has 0 spiro atoms. The van der Waals surface area contributed by atoms with Crippen LogP contribution in [0.1, 0.15) is 57.2 Å². The third kappa shape index (κ3) is 2.92. The third-order valence-electron chi connectivity index (χ3n) is 5.18. The molecule has 2 aliphatic rings. The number of nitrogens with zero attached hydrogens (tertiary/aromatic N) is 1. The molecule has 0 N–H and O–H groups in total. The molecule has 2 aliphatic heterocycles. The smallest absolute Gasteiger partial charge is 0.261 e. The Kier molecular flexibility index (Phi) is 4.32. The summed E-state index contributed by atoms with van der Waals surface area (Å²) < 4.78 is 20.0. The molecular formula is C21H20FNO3. The zero-order chi connectivity index (χ0) is 18.3. The molecule has 4 nitrogen and oxygen atoms in total. The minimum absolute atomic E-state index is 0.209. The lowest BCUT2D eigenvalue weighted by Crippen LogP contribution is -2.39. The first-order valence-corrected chi connectivity index (χ1v) is 8.91. The Labute approximate surface area is 151 Å². The third-order valence-corrected chi connectivity index (χ3v) is 5.18. The number of imide groups is 1. The van der Waals surface area contributed by atoms with Gasteiger partial charge in [0.15, 0.2) is 0 Å². The fourth-order valence-electron chi connectivity index (χ4n) is 3.70. The number of amides is 2. The Morgan fingerprint density at radius 3 is 2.42 bits per heavy atom. The van der Waals surface area contributed by atoms with Gasteiger partial charge >= 0.3 is 0 Å². The minimum Gasteiger partial charge on any atom is -0.368 e. The number of rotatable bonds is 3. The van der Waals surface area contributed by atoms with Crippen LogP contribution in [0.5, 0.6) is 0 Å². The highest BCUT2D eigenvalue weighted by Gasteiger charge is 2.37. The zero-order valence-corrected chi connectivity index (χ0v) is 14.6. The maximum Gasteiger partial charge on any atom is 0.261 e. The number of carbonyl (C=O) groups excluding carboxylic acids is 2. The molecule has 0 bridgehead atoms. The number of ether oxygens (including phenoxy) is 1. The molecule has 0 aliphatic carbocycles. The second-order valence-electron chi connectivity index (χ2n) is 6.95. The highest BCUT2D eigenvalue weighted by molar-refractivity contribution is 6.21. The van der Waals surface area contributed by atoms with E-state index in [-0.39, 0.29) is 36.4 Å². The number of benzene rings is 2. The standard InChI is InChI=1S/C21H20FNO3/c1-13-9-10-14(11-18(13)22)19-8-4-5-15(26-19)12-23-20(24)16-6-2-3-7-17(16)21(23)25/h2-3,6-7,9-11,15,19H,4-5,8,12H2,1H3. The Morgan fingerprint density at radius 2 is 1.77 bits per heavy atom. The van der Waals surface area contributed by atoms with Crippen molar-refractivity contribution >= 4 is 11.8 Å². The van der Waals surface area contributed by atoms with Gasteiger partial charge < -0.3 is 4.74 Å². The van der Waals surface area contributed by atoms with Crippen LogP contribution >= 0.6 is 0 Å². The van der Waals surface area contributed by atoms with Crippen LogP contribution in [0, 0.1) is 12.7 Å². The van der Waals surface area contributed by atoms with Crippen molar-refractivity contribution in [1.29, 1.82) is 0 Å². The highest BCUT2D eigenvalue weighted by Crippen LogP contribution is 2.33. The van der Waals surface area contributed by atoms with E-state index in [4.69, 9.17) is 4.74 Å². The Balaban J connectivity index is 1.48. The summed E-state index contributed by atoms with van der Waals surface area (Å²) in [6.45, 7) is 1.96. The normalized spacial score (nSPS) is 22.6. The summed E-state index contributed by atoms with van der Waals surface area (Å²) in [5, 5.41) is 0. The fraction of sp³-hybridized carbons (Fsp3) is 0.333. The van der Waals surface area contributed by atoms with E-state index >= 15 is 0 Å². The van der Waals surface area contributed by atoms with Crippen LogP contribution in [0.2, 0.25) is 0 Å². The van der Waals surface area contributed by atoms with Gasteiger partial charge in [0.25, 0.3) is 11.8 Å². The van der Waals surface area contributed by atoms with Gasteiger partial charge in [-0.2, -0.15) is 0 Å². The first kappa shape index (κ1) is 16.9. The van der Waals surface area contributed by atoms with E-state index < -0.39 is 0 Å². The van der Waals surface area contributed by atoms with Crippen molar-refractivity contribution in [2.45, 2.75) is 38.4 Å².